The Kier molecular flexibility index (Phi) is 7.61. The van der Waals surface area contributed by atoms with Gasteiger partial charge in [-0.1, -0.05) is 58.9 Å². The fourth-order valence-corrected chi connectivity index (χ4v) is 4.88. The number of aromatic nitrogens is 1. The van der Waals surface area contributed by atoms with Crippen molar-refractivity contribution in [1.29, 1.82) is 0 Å². The molecular formula is C25H37N5O2S. The average molecular weight is 472 g/mol. The van der Waals surface area contributed by atoms with E-state index in [1.54, 1.807) is 11.3 Å². The molecule has 1 saturated heterocycles. The predicted octanol–water partition coefficient (Wildman–Crippen LogP) is 4.62. The van der Waals surface area contributed by atoms with E-state index >= 15 is 0 Å². The van der Waals surface area contributed by atoms with Crippen LogP contribution in [0.1, 0.15) is 65.6 Å². The minimum atomic E-state index is -0.847. The number of nitrogens with one attached hydrogen (secondary N) is 1. The van der Waals surface area contributed by atoms with E-state index in [0.29, 0.717) is 12.4 Å². The van der Waals surface area contributed by atoms with Crippen LogP contribution in [-0.2, 0) is 15.4 Å². The molecule has 0 aliphatic carbocycles. The van der Waals surface area contributed by atoms with Crippen LogP contribution >= 0.6 is 11.3 Å². The van der Waals surface area contributed by atoms with Gasteiger partial charge in [0.05, 0.1) is 28.2 Å². The number of thiazole rings is 1. The van der Waals surface area contributed by atoms with E-state index in [2.05, 4.69) is 22.6 Å². The van der Waals surface area contributed by atoms with Crippen molar-refractivity contribution in [3.05, 3.63) is 41.0 Å². The summed E-state index contributed by atoms with van der Waals surface area (Å²) in [4.78, 5) is 31.2. The second-order valence-electron chi connectivity index (χ2n) is 9.56. The molecule has 1 amide bonds. The van der Waals surface area contributed by atoms with Crippen molar-refractivity contribution >= 4 is 23.1 Å². The quantitative estimate of drug-likeness (QED) is 0.679. The maximum atomic E-state index is 13.0. The topological polar surface area (TPSA) is 92.8 Å². The first-order valence-electron chi connectivity index (χ1n) is 11.7. The Labute approximate surface area is 201 Å². The number of likely N-dealkylation sites (tertiary alicyclic amines) is 1. The number of benzene rings is 1. The molecule has 3 N–H and O–H groups in total. The van der Waals surface area contributed by atoms with Crippen LogP contribution in [0.15, 0.2) is 34.8 Å². The third kappa shape index (κ3) is 5.13. The Balaban J connectivity index is 0.00000149. The van der Waals surface area contributed by atoms with Gasteiger partial charge in [0.15, 0.2) is 0 Å². The highest BCUT2D eigenvalue weighted by molar-refractivity contribution is 7.13. The number of aliphatic imine (C=N–C) groups is 1. The first kappa shape index (κ1) is 25.3. The van der Waals surface area contributed by atoms with Gasteiger partial charge in [-0.05, 0) is 37.7 Å². The molecule has 7 nitrogen and oxygen atoms in total. The zero-order valence-electron chi connectivity index (χ0n) is 20.8. The number of carbonyl (C=O) groups excluding carboxylic acids is 1. The number of carbonyl (C=O) groups is 1. The number of nitrogens with zero attached hydrogens (tertiary/aromatic N) is 3. The molecule has 2 aliphatic rings. The van der Waals surface area contributed by atoms with Gasteiger partial charge in [-0.2, -0.15) is 0 Å². The number of rotatable bonds is 4. The molecule has 3 unspecified atom stereocenters. The maximum absolute atomic E-state index is 13.0. The van der Waals surface area contributed by atoms with Crippen LogP contribution in [0.25, 0.3) is 10.4 Å². The Morgan fingerprint density at radius 1 is 1.30 bits per heavy atom. The van der Waals surface area contributed by atoms with Crippen LogP contribution in [0, 0.1) is 12.3 Å². The molecule has 3 heterocycles. The van der Waals surface area contributed by atoms with Gasteiger partial charge in [-0.3, -0.25) is 4.79 Å². The number of hydroxylamine groups is 1. The fourth-order valence-electron chi connectivity index (χ4n) is 4.07. The smallest absolute Gasteiger partial charge is 0.240 e. The summed E-state index contributed by atoms with van der Waals surface area (Å²) in [6.07, 6.45) is 1.77. The molecule has 0 spiro atoms. The molecule has 2 aromatic rings. The monoisotopic (exact) mass is 471 g/mol. The van der Waals surface area contributed by atoms with E-state index in [9.17, 15) is 4.79 Å². The summed E-state index contributed by atoms with van der Waals surface area (Å²) in [5.74, 6) is 0.661. The lowest BCUT2D eigenvalue weighted by Gasteiger charge is -2.32. The van der Waals surface area contributed by atoms with Crippen LogP contribution in [0.5, 0.6) is 0 Å². The third-order valence-electron chi connectivity index (χ3n) is 6.17. The van der Waals surface area contributed by atoms with E-state index in [1.807, 2.05) is 71.0 Å². The number of nitrogens with two attached hydrogens (primary N) is 1. The van der Waals surface area contributed by atoms with Crippen molar-refractivity contribution in [2.75, 3.05) is 6.54 Å². The van der Waals surface area contributed by atoms with Crippen molar-refractivity contribution in [2.45, 2.75) is 79.1 Å². The summed E-state index contributed by atoms with van der Waals surface area (Å²) in [6.45, 7) is 14.6. The molecule has 2 aliphatic heterocycles. The fraction of sp³-hybridized carbons (Fsp3) is 0.560. The third-order valence-corrected chi connectivity index (χ3v) is 7.14. The zero-order valence-corrected chi connectivity index (χ0v) is 21.6. The van der Waals surface area contributed by atoms with Crippen molar-refractivity contribution in [2.24, 2.45) is 16.1 Å². The minimum Gasteiger partial charge on any atom is -0.331 e. The lowest BCUT2D eigenvalue weighted by molar-refractivity contribution is -0.134. The van der Waals surface area contributed by atoms with Crippen LogP contribution < -0.4 is 11.2 Å². The highest BCUT2D eigenvalue weighted by atomic mass is 32.1. The Morgan fingerprint density at radius 3 is 2.55 bits per heavy atom. The Bertz CT molecular complexity index is 995. The summed E-state index contributed by atoms with van der Waals surface area (Å²) in [7, 11) is 0. The molecule has 33 heavy (non-hydrogen) atoms. The molecule has 1 aromatic carbocycles. The summed E-state index contributed by atoms with van der Waals surface area (Å²) in [5.41, 5.74) is 13.1. The molecule has 0 saturated carbocycles. The predicted molar refractivity (Wildman–Crippen MR) is 135 cm³/mol. The van der Waals surface area contributed by atoms with Crippen molar-refractivity contribution < 1.29 is 9.63 Å². The van der Waals surface area contributed by atoms with Crippen LogP contribution in [-0.4, -0.2) is 40.3 Å². The first-order chi connectivity index (χ1) is 15.6. The zero-order chi connectivity index (χ0) is 24.4. The molecular weight excluding hydrogens is 434 g/mol. The van der Waals surface area contributed by atoms with Gasteiger partial charge >= 0.3 is 0 Å². The summed E-state index contributed by atoms with van der Waals surface area (Å²) in [5, 5.41) is 0. The summed E-state index contributed by atoms with van der Waals surface area (Å²) >= 11 is 1.63. The van der Waals surface area contributed by atoms with Gasteiger partial charge in [-0.25, -0.2) is 20.3 Å². The van der Waals surface area contributed by atoms with Crippen LogP contribution in [0.4, 0.5) is 0 Å². The van der Waals surface area contributed by atoms with Gasteiger partial charge in [0.25, 0.3) is 0 Å². The lowest BCUT2D eigenvalue weighted by Crippen LogP contribution is -2.54. The molecule has 1 fully saturated rings. The highest BCUT2D eigenvalue weighted by Crippen LogP contribution is 2.35. The number of aryl methyl sites for hydroxylation is 1. The van der Waals surface area contributed by atoms with Gasteiger partial charge in [0.2, 0.25) is 11.6 Å². The maximum Gasteiger partial charge on any atom is 0.240 e. The largest absolute Gasteiger partial charge is 0.331 e. The van der Waals surface area contributed by atoms with Gasteiger partial charge in [0, 0.05) is 12.1 Å². The van der Waals surface area contributed by atoms with Crippen molar-refractivity contribution in [1.82, 2.24) is 15.4 Å². The van der Waals surface area contributed by atoms with Gasteiger partial charge in [-0.15, -0.1) is 11.3 Å². The van der Waals surface area contributed by atoms with E-state index in [0.717, 1.165) is 29.7 Å². The van der Waals surface area contributed by atoms with E-state index in [1.165, 1.54) is 4.88 Å². The van der Waals surface area contributed by atoms with Crippen molar-refractivity contribution in [3.8, 4) is 10.4 Å². The molecule has 180 valence electrons. The molecule has 8 heteroatoms. The Hall–Kier alpha value is -2.29. The molecule has 3 atom stereocenters. The average Bonchev–Trinajstić information content (AvgIpc) is 3.53. The number of amidine groups is 1. The van der Waals surface area contributed by atoms with E-state index < -0.39 is 11.8 Å². The number of amides is 1. The standard InChI is InChI=1S/C23H31N5O2S.C2H6/c1-14-18(31-13-25-14)15-8-10-16(11-9-15)23(5)26-20(27-30-23)17-7-6-12-28(17)21(29)19(24)22(2,3)4;1-2/h8-11,13,17,19H,6-7,12,24H2,1-5H3,(H,26,27);1-2H3. The lowest BCUT2D eigenvalue weighted by atomic mass is 9.86. The molecule has 0 bridgehead atoms. The van der Waals surface area contributed by atoms with E-state index in [-0.39, 0.29) is 17.4 Å². The SMILES string of the molecule is CC.Cc1ncsc1-c1ccc(C2(C)N=C(C3CCCN3C(=O)C(N)C(C)(C)C)NO2)cc1. The molecule has 1 aromatic heterocycles. The summed E-state index contributed by atoms with van der Waals surface area (Å²) < 4.78 is 0. The minimum absolute atomic E-state index is 0.0302. The van der Waals surface area contributed by atoms with Crippen molar-refractivity contribution in [3.63, 3.8) is 0 Å². The molecule has 4 rings (SSSR count). The number of hydrogen-bond donors (Lipinski definition) is 2. The van der Waals surface area contributed by atoms with Gasteiger partial charge in [0.1, 0.15) is 5.84 Å². The second-order valence-corrected chi connectivity index (χ2v) is 10.4. The van der Waals surface area contributed by atoms with Crippen LogP contribution in [0.3, 0.4) is 0 Å². The van der Waals surface area contributed by atoms with E-state index in [4.69, 9.17) is 15.6 Å². The highest BCUT2D eigenvalue weighted by Gasteiger charge is 2.43. The first-order valence-corrected chi connectivity index (χ1v) is 12.6. The van der Waals surface area contributed by atoms with Gasteiger partial charge < -0.3 is 10.6 Å². The number of hydrogen-bond acceptors (Lipinski definition) is 7. The molecule has 0 radical (unpaired) electrons. The normalized spacial score (nSPS) is 23.5. The van der Waals surface area contributed by atoms with Crippen LogP contribution in [0.2, 0.25) is 0 Å². The second kappa shape index (κ2) is 9.91. The Morgan fingerprint density at radius 2 is 1.97 bits per heavy atom. The summed E-state index contributed by atoms with van der Waals surface area (Å²) in [6, 6.07) is 7.54.